The molecule has 2 heterocycles. The van der Waals surface area contributed by atoms with E-state index < -0.39 is 18.0 Å². The van der Waals surface area contributed by atoms with Crippen LogP contribution < -0.4 is 19.9 Å². The summed E-state index contributed by atoms with van der Waals surface area (Å²) in [5.74, 6) is -0.0795. The van der Waals surface area contributed by atoms with Gasteiger partial charge in [0.1, 0.15) is 31.3 Å². The van der Waals surface area contributed by atoms with E-state index in [1.54, 1.807) is 13.1 Å². The number of ether oxygens (including phenoxy) is 2. The van der Waals surface area contributed by atoms with Crippen LogP contribution in [0.5, 0.6) is 5.75 Å². The fraction of sp³-hybridized carbons (Fsp3) is 0.438. The van der Waals surface area contributed by atoms with Crippen LogP contribution in [0.2, 0.25) is 0 Å². The standard InChI is InChI=1S/C16H19FN4O5/c1-9(22)18-6-11-7-21(16(23)26-11)10-4-12(17)15-13(5-10)25-8-14(19-24-3)20(15)2/h4-5,11H,6-8H2,1-3H3,(H,18,22)/t11-/m0/s1. The number of cyclic esters (lactones) is 1. The predicted molar refractivity (Wildman–Crippen MR) is 91.0 cm³/mol. The number of carbonyl (C=O) groups excluding carboxylic acids is 2. The molecule has 0 aromatic heterocycles. The minimum absolute atomic E-state index is 0.107. The summed E-state index contributed by atoms with van der Waals surface area (Å²) < 4.78 is 25.4. The van der Waals surface area contributed by atoms with E-state index in [0.29, 0.717) is 11.5 Å². The Hall–Kier alpha value is -3.04. The van der Waals surface area contributed by atoms with Crippen LogP contribution in [0.15, 0.2) is 17.3 Å². The number of likely N-dealkylation sites (N-methyl/N-ethyl adjacent to an activating group) is 1. The highest BCUT2D eigenvalue weighted by Crippen LogP contribution is 2.38. The molecule has 0 radical (unpaired) electrons. The van der Waals surface area contributed by atoms with Gasteiger partial charge in [-0.25, -0.2) is 9.18 Å². The summed E-state index contributed by atoms with van der Waals surface area (Å²) in [4.78, 5) is 30.6. The molecule has 0 spiro atoms. The lowest BCUT2D eigenvalue weighted by molar-refractivity contribution is -0.119. The Morgan fingerprint density at radius 3 is 2.96 bits per heavy atom. The van der Waals surface area contributed by atoms with Crippen molar-refractivity contribution in [2.75, 3.05) is 43.7 Å². The van der Waals surface area contributed by atoms with Gasteiger partial charge < -0.3 is 24.5 Å². The summed E-state index contributed by atoms with van der Waals surface area (Å²) in [6, 6.07) is 2.80. The number of halogens is 1. The van der Waals surface area contributed by atoms with Crippen LogP contribution in [-0.2, 0) is 14.4 Å². The molecule has 1 fully saturated rings. The van der Waals surface area contributed by atoms with Crippen LogP contribution in [0.1, 0.15) is 6.92 Å². The maximum absolute atomic E-state index is 14.7. The molecule has 0 saturated carbocycles. The van der Waals surface area contributed by atoms with Crippen molar-refractivity contribution >= 4 is 29.2 Å². The lowest BCUT2D eigenvalue weighted by Gasteiger charge is -2.29. The number of amidine groups is 1. The van der Waals surface area contributed by atoms with E-state index in [4.69, 9.17) is 14.3 Å². The zero-order valence-corrected chi connectivity index (χ0v) is 14.6. The Kier molecular flexibility index (Phi) is 4.83. The molecule has 26 heavy (non-hydrogen) atoms. The number of nitrogens with zero attached hydrogens (tertiary/aromatic N) is 3. The summed E-state index contributed by atoms with van der Waals surface area (Å²) in [5.41, 5.74) is 0.523. The van der Waals surface area contributed by atoms with Crippen LogP contribution in [0.25, 0.3) is 0 Å². The monoisotopic (exact) mass is 366 g/mol. The third-order valence-electron chi connectivity index (χ3n) is 4.05. The average Bonchev–Trinajstić information content (AvgIpc) is 2.96. The number of carbonyl (C=O) groups is 2. The van der Waals surface area contributed by atoms with E-state index in [1.165, 1.54) is 29.9 Å². The third-order valence-corrected chi connectivity index (χ3v) is 4.05. The van der Waals surface area contributed by atoms with E-state index in [-0.39, 0.29) is 37.0 Å². The first-order valence-electron chi connectivity index (χ1n) is 7.93. The molecular weight excluding hydrogens is 347 g/mol. The Morgan fingerprint density at radius 2 is 2.27 bits per heavy atom. The van der Waals surface area contributed by atoms with Crippen LogP contribution in [0.4, 0.5) is 20.6 Å². The van der Waals surface area contributed by atoms with Crippen molar-refractivity contribution < 1.29 is 28.3 Å². The van der Waals surface area contributed by atoms with Gasteiger partial charge in [0.15, 0.2) is 11.7 Å². The molecule has 1 aromatic rings. The largest absolute Gasteiger partial charge is 0.483 e. The van der Waals surface area contributed by atoms with Crippen LogP contribution in [0.3, 0.4) is 0 Å². The average molecular weight is 366 g/mol. The van der Waals surface area contributed by atoms with E-state index in [0.717, 1.165) is 0 Å². The number of hydrogen-bond acceptors (Lipinski definition) is 6. The van der Waals surface area contributed by atoms with Crippen LogP contribution >= 0.6 is 0 Å². The highest BCUT2D eigenvalue weighted by molar-refractivity contribution is 6.02. The van der Waals surface area contributed by atoms with Gasteiger partial charge in [0.25, 0.3) is 0 Å². The lowest BCUT2D eigenvalue weighted by Crippen LogP contribution is -2.37. The zero-order valence-electron chi connectivity index (χ0n) is 14.6. The van der Waals surface area contributed by atoms with Crippen molar-refractivity contribution in [3.8, 4) is 5.75 Å². The van der Waals surface area contributed by atoms with Crippen molar-refractivity contribution in [1.29, 1.82) is 0 Å². The van der Waals surface area contributed by atoms with Crippen molar-refractivity contribution in [2.24, 2.45) is 5.16 Å². The highest BCUT2D eigenvalue weighted by Gasteiger charge is 2.34. The molecule has 0 bridgehead atoms. The summed E-state index contributed by atoms with van der Waals surface area (Å²) in [5, 5.41) is 6.38. The molecule has 1 saturated heterocycles. The van der Waals surface area contributed by atoms with Crippen molar-refractivity contribution in [3.63, 3.8) is 0 Å². The molecule has 1 aromatic carbocycles. The number of rotatable bonds is 4. The van der Waals surface area contributed by atoms with Crippen LogP contribution in [-0.4, -0.2) is 57.8 Å². The fourth-order valence-electron chi connectivity index (χ4n) is 2.81. The first-order valence-corrected chi connectivity index (χ1v) is 7.93. The molecule has 2 aliphatic rings. The summed E-state index contributed by atoms with van der Waals surface area (Å²) in [6.07, 6.45) is -1.11. The van der Waals surface area contributed by atoms with Crippen LogP contribution in [0, 0.1) is 5.82 Å². The van der Waals surface area contributed by atoms with Crippen molar-refractivity contribution in [2.45, 2.75) is 13.0 Å². The predicted octanol–water partition coefficient (Wildman–Crippen LogP) is 1.08. The quantitative estimate of drug-likeness (QED) is 0.802. The molecule has 9 nitrogen and oxygen atoms in total. The SMILES string of the molecule is CON=C1COc2cc(N3C[C@H](CNC(C)=O)OC3=O)cc(F)c2N1C. The van der Waals surface area contributed by atoms with Gasteiger partial charge in [-0.15, -0.1) is 0 Å². The fourth-order valence-corrected chi connectivity index (χ4v) is 2.81. The normalized spacial score (nSPS) is 20.5. The second-order valence-corrected chi connectivity index (χ2v) is 5.87. The first kappa shape index (κ1) is 17.8. The molecule has 2 aliphatic heterocycles. The number of hydrogen-bond donors (Lipinski definition) is 1. The van der Waals surface area contributed by atoms with E-state index >= 15 is 0 Å². The maximum Gasteiger partial charge on any atom is 0.414 e. The molecule has 2 amide bonds. The number of nitrogens with one attached hydrogen (secondary N) is 1. The van der Waals surface area contributed by atoms with Crippen molar-refractivity contribution in [3.05, 3.63) is 17.9 Å². The molecule has 10 heteroatoms. The van der Waals surface area contributed by atoms with Gasteiger partial charge in [-0.2, -0.15) is 0 Å². The van der Waals surface area contributed by atoms with Gasteiger partial charge in [-0.3, -0.25) is 9.69 Å². The van der Waals surface area contributed by atoms with Gasteiger partial charge in [0.2, 0.25) is 5.91 Å². The van der Waals surface area contributed by atoms with Crippen molar-refractivity contribution in [1.82, 2.24) is 5.32 Å². The second-order valence-electron chi connectivity index (χ2n) is 5.87. The third kappa shape index (κ3) is 3.35. The van der Waals surface area contributed by atoms with Gasteiger partial charge >= 0.3 is 6.09 Å². The number of benzene rings is 1. The van der Waals surface area contributed by atoms with E-state index in [9.17, 15) is 14.0 Å². The molecule has 140 valence electrons. The molecule has 3 rings (SSSR count). The van der Waals surface area contributed by atoms with Gasteiger partial charge in [-0.05, 0) is 0 Å². The van der Waals surface area contributed by atoms with Gasteiger partial charge in [0.05, 0.1) is 18.8 Å². The van der Waals surface area contributed by atoms with E-state index in [2.05, 4.69) is 10.5 Å². The number of fused-ring (bicyclic) bond motifs is 1. The minimum atomic E-state index is -0.606. The number of anilines is 2. The zero-order chi connectivity index (χ0) is 18.8. The summed E-state index contributed by atoms with van der Waals surface area (Å²) in [7, 11) is 3.04. The first-order chi connectivity index (χ1) is 12.4. The molecule has 1 atom stereocenters. The second kappa shape index (κ2) is 7.06. The Morgan fingerprint density at radius 1 is 1.50 bits per heavy atom. The maximum atomic E-state index is 14.7. The molecular formula is C16H19FN4O5. The van der Waals surface area contributed by atoms with Gasteiger partial charge in [-0.1, -0.05) is 5.16 Å². The Balaban J connectivity index is 1.83. The summed E-state index contributed by atoms with van der Waals surface area (Å²) >= 11 is 0. The lowest BCUT2D eigenvalue weighted by atomic mass is 10.2. The topological polar surface area (TPSA) is 92.7 Å². The smallest absolute Gasteiger partial charge is 0.414 e. The number of oxime groups is 1. The van der Waals surface area contributed by atoms with E-state index in [1.807, 2.05) is 0 Å². The Labute approximate surface area is 149 Å². The Bertz CT molecular complexity index is 769. The number of amides is 2. The van der Waals surface area contributed by atoms with Gasteiger partial charge in [0, 0.05) is 26.1 Å². The highest BCUT2D eigenvalue weighted by atomic mass is 19.1. The minimum Gasteiger partial charge on any atom is -0.483 e. The molecule has 0 unspecified atom stereocenters. The summed E-state index contributed by atoms with van der Waals surface area (Å²) in [6.45, 7) is 1.88. The molecule has 1 N–H and O–H groups in total. The molecule has 0 aliphatic carbocycles.